The zero-order valence-corrected chi connectivity index (χ0v) is 12.5. The predicted molar refractivity (Wildman–Crippen MR) is 82.8 cm³/mol. The summed E-state index contributed by atoms with van der Waals surface area (Å²) in [5, 5.41) is 22.9. The fourth-order valence-corrected chi connectivity index (χ4v) is 2.14. The normalized spacial score (nSPS) is 11.4. The summed E-state index contributed by atoms with van der Waals surface area (Å²) in [6, 6.07) is 10.1. The van der Waals surface area contributed by atoms with Gasteiger partial charge in [-0.2, -0.15) is 5.26 Å². The van der Waals surface area contributed by atoms with E-state index in [9.17, 15) is 14.5 Å². The number of nitrogens with one attached hydrogen (secondary N) is 1. The van der Waals surface area contributed by atoms with Crippen LogP contribution in [0.3, 0.4) is 0 Å². The Morgan fingerprint density at radius 3 is 2.65 bits per heavy atom. The highest BCUT2D eigenvalue weighted by Gasteiger charge is 2.17. The minimum Gasteiger partial charge on any atom is -0.494 e. The Morgan fingerprint density at radius 2 is 2.09 bits per heavy atom. The molecule has 0 saturated carbocycles. The van der Waals surface area contributed by atoms with Crippen molar-refractivity contribution in [3.05, 3.63) is 63.5 Å². The van der Waals surface area contributed by atoms with Crippen molar-refractivity contribution in [1.29, 1.82) is 5.26 Å². The van der Waals surface area contributed by atoms with Gasteiger partial charge in [0.05, 0.1) is 23.7 Å². The molecule has 0 aromatic heterocycles. The van der Waals surface area contributed by atoms with Gasteiger partial charge in [-0.1, -0.05) is 6.07 Å². The van der Waals surface area contributed by atoms with E-state index >= 15 is 0 Å². The van der Waals surface area contributed by atoms with E-state index in [1.807, 2.05) is 6.07 Å². The number of methoxy groups -OCH3 is 1. The van der Waals surface area contributed by atoms with Gasteiger partial charge in [0.2, 0.25) is 0 Å². The average Bonchev–Trinajstić information content (AvgIpc) is 2.54. The average molecular weight is 315 g/mol. The van der Waals surface area contributed by atoms with Gasteiger partial charge in [0.25, 0.3) is 5.69 Å². The second-order valence-electron chi connectivity index (χ2n) is 4.86. The molecule has 7 heteroatoms. The van der Waals surface area contributed by atoms with Crippen LogP contribution in [0, 0.1) is 27.3 Å². The van der Waals surface area contributed by atoms with E-state index in [1.165, 1.54) is 37.4 Å². The largest absolute Gasteiger partial charge is 0.494 e. The molecule has 2 aromatic carbocycles. The Bertz CT molecular complexity index is 787. The monoisotopic (exact) mass is 315 g/mol. The Kier molecular flexibility index (Phi) is 4.76. The van der Waals surface area contributed by atoms with Crippen LogP contribution in [0.2, 0.25) is 0 Å². The second kappa shape index (κ2) is 6.75. The zero-order chi connectivity index (χ0) is 17.0. The second-order valence-corrected chi connectivity index (χ2v) is 4.86. The fraction of sp³-hybridized carbons (Fsp3) is 0.188. The molecule has 0 aliphatic carbocycles. The van der Waals surface area contributed by atoms with Crippen molar-refractivity contribution < 1.29 is 14.1 Å². The van der Waals surface area contributed by atoms with E-state index in [4.69, 9.17) is 10.00 Å². The van der Waals surface area contributed by atoms with Crippen molar-refractivity contribution in [3.8, 4) is 11.8 Å². The number of anilines is 1. The standard InChI is InChI=1S/C16H14FN3O3/c1-10(12-4-6-16(23-2)13(17)8-12)19-14-5-3-11(9-18)7-15(14)20(21)22/h3-8,10,19H,1-2H3. The molecule has 0 aliphatic heterocycles. The topological polar surface area (TPSA) is 88.2 Å². The molecule has 1 unspecified atom stereocenters. The molecular weight excluding hydrogens is 301 g/mol. The Labute approximate surface area is 132 Å². The number of ether oxygens (including phenoxy) is 1. The van der Waals surface area contributed by atoms with Gasteiger partial charge in [0, 0.05) is 12.1 Å². The lowest BCUT2D eigenvalue weighted by Crippen LogP contribution is -2.09. The van der Waals surface area contributed by atoms with Crippen LogP contribution >= 0.6 is 0 Å². The highest BCUT2D eigenvalue weighted by Crippen LogP contribution is 2.30. The lowest BCUT2D eigenvalue weighted by molar-refractivity contribution is -0.384. The molecule has 0 amide bonds. The molecule has 2 aromatic rings. The van der Waals surface area contributed by atoms with Crippen molar-refractivity contribution in [2.24, 2.45) is 0 Å². The zero-order valence-electron chi connectivity index (χ0n) is 12.5. The molecular formula is C16H14FN3O3. The number of hydrogen-bond donors (Lipinski definition) is 1. The van der Waals surface area contributed by atoms with E-state index in [1.54, 1.807) is 13.0 Å². The minimum absolute atomic E-state index is 0.130. The first-order valence-electron chi connectivity index (χ1n) is 6.74. The van der Waals surface area contributed by atoms with Crippen LogP contribution in [0.25, 0.3) is 0 Å². The summed E-state index contributed by atoms with van der Waals surface area (Å²) < 4.78 is 18.6. The number of halogens is 1. The van der Waals surface area contributed by atoms with E-state index in [2.05, 4.69) is 5.32 Å². The molecule has 1 N–H and O–H groups in total. The summed E-state index contributed by atoms with van der Waals surface area (Å²) >= 11 is 0. The molecule has 0 fully saturated rings. The summed E-state index contributed by atoms with van der Waals surface area (Å²) in [7, 11) is 1.37. The molecule has 0 saturated heterocycles. The van der Waals surface area contributed by atoms with Crippen molar-refractivity contribution >= 4 is 11.4 Å². The highest BCUT2D eigenvalue weighted by molar-refractivity contribution is 5.64. The number of nitriles is 1. The molecule has 0 spiro atoms. The molecule has 118 valence electrons. The van der Waals surface area contributed by atoms with Gasteiger partial charge < -0.3 is 10.1 Å². The van der Waals surface area contributed by atoms with Gasteiger partial charge in [0.15, 0.2) is 11.6 Å². The van der Waals surface area contributed by atoms with Crippen molar-refractivity contribution in [1.82, 2.24) is 0 Å². The number of nitro groups is 1. The number of nitro benzene ring substituents is 1. The van der Waals surface area contributed by atoms with Crippen LogP contribution in [-0.4, -0.2) is 12.0 Å². The number of benzene rings is 2. The number of rotatable bonds is 5. The molecule has 2 rings (SSSR count). The Hall–Kier alpha value is -3.14. The maximum Gasteiger partial charge on any atom is 0.293 e. The van der Waals surface area contributed by atoms with Gasteiger partial charge in [-0.05, 0) is 36.8 Å². The summed E-state index contributed by atoms with van der Waals surface area (Å²) in [4.78, 5) is 10.6. The van der Waals surface area contributed by atoms with Crippen LogP contribution in [0.15, 0.2) is 36.4 Å². The van der Waals surface area contributed by atoms with Crippen LogP contribution in [0.1, 0.15) is 24.1 Å². The van der Waals surface area contributed by atoms with Crippen LogP contribution in [-0.2, 0) is 0 Å². The summed E-state index contributed by atoms with van der Waals surface area (Å²) in [5.74, 6) is -0.377. The van der Waals surface area contributed by atoms with E-state index in [0.717, 1.165) is 0 Å². The van der Waals surface area contributed by atoms with Crippen LogP contribution < -0.4 is 10.1 Å². The lowest BCUT2D eigenvalue weighted by atomic mass is 10.1. The smallest absolute Gasteiger partial charge is 0.293 e. The van der Waals surface area contributed by atoms with E-state index < -0.39 is 10.7 Å². The van der Waals surface area contributed by atoms with Crippen molar-refractivity contribution in [2.45, 2.75) is 13.0 Å². The van der Waals surface area contributed by atoms with Crippen LogP contribution in [0.4, 0.5) is 15.8 Å². The molecule has 0 aliphatic rings. The quantitative estimate of drug-likeness (QED) is 0.670. The first-order chi connectivity index (χ1) is 11.0. The molecule has 0 heterocycles. The van der Waals surface area contributed by atoms with E-state index in [-0.39, 0.29) is 28.7 Å². The summed E-state index contributed by atoms with van der Waals surface area (Å²) in [5.41, 5.74) is 0.870. The summed E-state index contributed by atoms with van der Waals surface area (Å²) in [6.45, 7) is 1.75. The van der Waals surface area contributed by atoms with Crippen molar-refractivity contribution in [3.63, 3.8) is 0 Å². The first-order valence-corrected chi connectivity index (χ1v) is 6.74. The van der Waals surface area contributed by atoms with Gasteiger partial charge >= 0.3 is 0 Å². The molecule has 0 radical (unpaired) electrons. The molecule has 0 bridgehead atoms. The molecule has 6 nitrogen and oxygen atoms in total. The SMILES string of the molecule is COc1ccc(C(C)Nc2ccc(C#N)cc2[N+](=O)[O-])cc1F. The Morgan fingerprint density at radius 1 is 1.35 bits per heavy atom. The summed E-state index contributed by atoms with van der Waals surface area (Å²) in [6.07, 6.45) is 0. The van der Waals surface area contributed by atoms with E-state index in [0.29, 0.717) is 5.56 Å². The van der Waals surface area contributed by atoms with Gasteiger partial charge in [-0.15, -0.1) is 0 Å². The van der Waals surface area contributed by atoms with Crippen LogP contribution in [0.5, 0.6) is 5.75 Å². The third-order valence-electron chi connectivity index (χ3n) is 3.37. The molecule has 1 atom stereocenters. The Balaban J connectivity index is 2.30. The lowest BCUT2D eigenvalue weighted by Gasteiger charge is -2.16. The first kappa shape index (κ1) is 16.2. The third-order valence-corrected chi connectivity index (χ3v) is 3.37. The number of hydrogen-bond acceptors (Lipinski definition) is 5. The molecule has 23 heavy (non-hydrogen) atoms. The minimum atomic E-state index is -0.565. The third kappa shape index (κ3) is 3.55. The van der Waals surface area contributed by atoms with Gasteiger partial charge in [0.1, 0.15) is 5.69 Å². The van der Waals surface area contributed by atoms with Crippen molar-refractivity contribution in [2.75, 3.05) is 12.4 Å². The highest BCUT2D eigenvalue weighted by atomic mass is 19.1. The fourth-order valence-electron chi connectivity index (χ4n) is 2.14. The van der Waals surface area contributed by atoms with Gasteiger partial charge in [-0.25, -0.2) is 4.39 Å². The predicted octanol–water partition coefficient (Wildman–Crippen LogP) is 3.79. The maximum absolute atomic E-state index is 13.8. The van der Waals surface area contributed by atoms with Gasteiger partial charge in [-0.3, -0.25) is 10.1 Å². The number of nitrogens with zero attached hydrogens (tertiary/aromatic N) is 2. The maximum atomic E-state index is 13.8.